The number of carbonyl (C=O) groups excluding carboxylic acids is 1. The topological polar surface area (TPSA) is 120 Å². The molecule has 1 unspecified atom stereocenters. The second kappa shape index (κ2) is 7.28. The molecule has 0 bridgehead atoms. The summed E-state index contributed by atoms with van der Waals surface area (Å²) in [6.45, 7) is 6.47. The fraction of sp³-hybridized carbons (Fsp3) is 0.529. The summed E-state index contributed by atoms with van der Waals surface area (Å²) in [6, 6.07) is -0.941. The number of fused-ring (bicyclic) bond motifs is 1. The summed E-state index contributed by atoms with van der Waals surface area (Å²) in [4.78, 5) is 43.9. The predicted molar refractivity (Wildman–Crippen MR) is 102 cm³/mol. The van der Waals surface area contributed by atoms with Gasteiger partial charge in [-0.3, -0.25) is 23.3 Å². The third-order valence-corrected chi connectivity index (χ3v) is 4.77. The standard InChI is InChI=1S/C17H23N7O3/c1-4-5-8-23-12-14(20-16(23)22-9-6-19-7-10-22)24(11(2)13(18)25)17(27)21(3)15(12)26/h11,19H,6-10H2,1-3H3,(H2,18,25). The minimum absolute atomic E-state index is 0.154. The summed E-state index contributed by atoms with van der Waals surface area (Å²) in [7, 11) is 1.38. The lowest BCUT2D eigenvalue weighted by molar-refractivity contribution is -0.120. The molecule has 0 aliphatic carbocycles. The van der Waals surface area contributed by atoms with Gasteiger partial charge in [0.05, 0.1) is 6.54 Å². The number of amides is 1. The zero-order chi connectivity index (χ0) is 19.7. The highest BCUT2D eigenvalue weighted by atomic mass is 16.2. The van der Waals surface area contributed by atoms with Gasteiger partial charge in [0.2, 0.25) is 11.9 Å². The van der Waals surface area contributed by atoms with Crippen LogP contribution in [0.2, 0.25) is 0 Å². The Bertz CT molecular complexity index is 1060. The molecule has 2 aromatic heterocycles. The van der Waals surface area contributed by atoms with E-state index in [0.29, 0.717) is 19.0 Å². The highest BCUT2D eigenvalue weighted by molar-refractivity contribution is 5.81. The first-order chi connectivity index (χ1) is 12.9. The Kier molecular flexibility index (Phi) is 5.05. The highest BCUT2D eigenvalue weighted by Gasteiger charge is 2.27. The summed E-state index contributed by atoms with van der Waals surface area (Å²) in [5.41, 5.74) is 4.71. The smallest absolute Gasteiger partial charge is 0.333 e. The van der Waals surface area contributed by atoms with Crippen LogP contribution in [0.15, 0.2) is 9.59 Å². The maximum absolute atomic E-state index is 12.9. The van der Waals surface area contributed by atoms with Crippen molar-refractivity contribution in [3.05, 3.63) is 20.8 Å². The van der Waals surface area contributed by atoms with Gasteiger partial charge in [0, 0.05) is 33.2 Å². The Balaban J connectivity index is 2.39. The van der Waals surface area contributed by atoms with E-state index in [0.717, 1.165) is 17.7 Å². The van der Waals surface area contributed by atoms with Crippen molar-refractivity contribution in [3.63, 3.8) is 0 Å². The molecular formula is C17H23N7O3. The van der Waals surface area contributed by atoms with Crippen LogP contribution in [-0.4, -0.2) is 50.8 Å². The summed E-state index contributed by atoms with van der Waals surface area (Å²) in [6.07, 6.45) is 0. The molecule has 3 N–H and O–H groups in total. The zero-order valence-electron chi connectivity index (χ0n) is 15.7. The van der Waals surface area contributed by atoms with E-state index in [1.807, 2.05) is 4.90 Å². The van der Waals surface area contributed by atoms with Crippen molar-refractivity contribution in [2.45, 2.75) is 26.4 Å². The fourth-order valence-electron chi connectivity index (χ4n) is 3.20. The number of aromatic nitrogens is 4. The average Bonchev–Trinajstić information content (AvgIpc) is 3.04. The first-order valence-electron chi connectivity index (χ1n) is 8.74. The van der Waals surface area contributed by atoms with Gasteiger partial charge in [-0.05, 0) is 13.8 Å². The van der Waals surface area contributed by atoms with Gasteiger partial charge < -0.3 is 16.0 Å². The lowest BCUT2D eigenvalue weighted by Gasteiger charge is -2.28. The third kappa shape index (κ3) is 3.10. The van der Waals surface area contributed by atoms with E-state index in [4.69, 9.17) is 5.73 Å². The second-order valence-corrected chi connectivity index (χ2v) is 6.43. The molecule has 1 aliphatic rings. The number of piperazine rings is 1. The van der Waals surface area contributed by atoms with Crippen molar-refractivity contribution in [2.24, 2.45) is 12.8 Å². The molecule has 1 aliphatic heterocycles. The molecule has 1 amide bonds. The van der Waals surface area contributed by atoms with Gasteiger partial charge in [-0.2, -0.15) is 4.98 Å². The second-order valence-electron chi connectivity index (χ2n) is 6.43. The molecule has 3 rings (SSSR count). The van der Waals surface area contributed by atoms with Gasteiger partial charge in [0.1, 0.15) is 6.04 Å². The van der Waals surface area contributed by atoms with Crippen LogP contribution in [0.5, 0.6) is 0 Å². The van der Waals surface area contributed by atoms with E-state index in [-0.39, 0.29) is 17.7 Å². The van der Waals surface area contributed by atoms with Gasteiger partial charge in [-0.15, -0.1) is 5.92 Å². The highest BCUT2D eigenvalue weighted by Crippen LogP contribution is 2.21. The van der Waals surface area contributed by atoms with Crippen LogP contribution in [0.25, 0.3) is 11.2 Å². The number of hydrogen-bond acceptors (Lipinski definition) is 6. The van der Waals surface area contributed by atoms with Gasteiger partial charge in [0.25, 0.3) is 5.56 Å². The Morgan fingerprint density at radius 3 is 2.59 bits per heavy atom. The quantitative estimate of drug-likeness (QED) is 0.621. The number of nitrogens with zero attached hydrogens (tertiary/aromatic N) is 5. The number of rotatable bonds is 4. The van der Waals surface area contributed by atoms with E-state index in [9.17, 15) is 14.4 Å². The number of carbonyl (C=O) groups is 1. The molecule has 2 aromatic rings. The minimum Gasteiger partial charge on any atom is -0.368 e. The fourth-order valence-corrected chi connectivity index (χ4v) is 3.20. The first-order valence-corrected chi connectivity index (χ1v) is 8.74. The van der Waals surface area contributed by atoms with Crippen molar-refractivity contribution >= 4 is 23.0 Å². The van der Waals surface area contributed by atoms with Crippen molar-refractivity contribution in [2.75, 3.05) is 31.1 Å². The molecule has 0 aromatic carbocycles. The summed E-state index contributed by atoms with van der Waals surface area (Å²) in [5, 5.41) is 3.27. The van der Waals surface area contributed by atoms with Gasteiger partial charge in [-0.1, -0.05) is 5.92 Å². The molecule has 27 heavy (non-hydrogen) atoms. The summed E-state index contributed by atoms with van der Waals surface area (Å²) < 4.78 is 3.87. The molecular weight excluding hydrogens is 350 g/mol. The molecule has 10 heteroatoms. The number of nitrogens with one attached hydrogen (secondary N) is 1. The minimum atomic E-state index is -0.941. The van der Waals surface area contributed by atoms with E-state index in [2.05, 4.69) is 22.1 Å². The number of imidazole rings is 1. The molecule has 144 valence electrons. The molecule has 0 radical (unpaired) electrons. The number of primary amides is 1. The maximum Gasteiger partial charge on any atom is 0.333 e. The summed E-state index contributed by atoms with van der Waals surface area (Å²) >= 11 is 0. The van der Waals surface area contributed by atoms with Crippen molar-refractivity contribution in [1.82, 2.24) is 24.0 Å². The van der Waals surface area contributed by atoms with Crippen LogP contribution in [0.4, 0.5) is 5.95 Å². The summed E-state index contributed by atoms with van der Waals surface area (Å²) in [5.74, 6) is 5.66. The van der Waals surface area contributed by atoms with Crippen molar-refractivity contribution in [1.29, 1.82) is 0 Å². The Morgan fingerprint density at radius 2 is 2.00 bits per heavy atom. The van der Waals surface area contributed by atoms with Gasteiger partial charge in [-0.25, -0.2) is 4.79 Å². The average molecular weight is 373 g/mol. The number of anilines is 1. The lowest BCUT2D eigenvalue weighted by atomic mass is 10.3. The SMILES string of the molecule is CC#CCn1c(N2CCNCC2)nc2c1c(=O)n(C)c(=O)n2C(C)C(N)=O. The van der Waals surface area contributed by atoms with E-state index >= 15 is 0 Å². The molecule has 10 nitrogen and oxygen atoms in total. The molecule has 1 fully saturated rings. The van der Waals surface area contributed by atoms with Gasteiger partial charge in [0.15, 0.2) is 11.2 Å². The largest absolute Gasteiger partial charge is 0.368 e. The zero-order valence-corrected chi connectivity index (χ0v) is 15.7. The van der Waals surface area contributed by atoms with Crippen molar-refractivity contribution < 1.29 is 4.79 Å². The van der Waals surface area contributed by atoms with E-state index < -0.39 is 23.2 Å². The van der Waals surface area contributed by atoms with Crippen LogP contribution in [-0.2, 0) is 18.4 Å². The monoisotopic (exact) mass is 373 g/mol. The molecule has 1 saturated heterocycles. The van der Waals surface area contributed by atoms with Crippen LogP contribution in [0.3, 0.4) is 0 Å². The van der Waals surface area contributed by atoms with Crippen LogP contribution in [0.1, 0.15) is 19.9 Å². The predicted octanol–water partition coefficient (Wildman–Crippen LogP) is -1.62. The van der Waals surface area contributed by atoms with E-state index in [1.54, 1.807) is 11.5 Å². The number of nitrogens with two attached hydrogens (primary N) is 1. The Labute approximate surface area is 155 Å². The third-order valence-electron chi connectivity index (χ3n) is 4.77. The first kappa shape index (κ1) is 18.7. The normalized spacial score (nSPS) is 15.4. The van der Waals surface area contributed by atoms with Crippen LogP contribution in [0, 0.1) is 11.8 Å². The van der Waals surface area contributed by atoms with E-state index in [1.165, 1.54) is 18.5 Å². The lowest BCUT2D eigenvalue weighted by Crippen LogP contribution is -2.44. The Morgan fingerprint density at radius 1 is 1.33 bits per heavy atom. The van der Waals surface area contributed by atoms with Gasteiger partial charge >= 0.3 is 5.69 Å². The Hall–Kier alpha value is -3.06. The molecule has 1 atom stereocenters. The maximum atomic E-state index is 12.9. The molecule has 3 heterocycles. The van der Waals surface area contributed by atoms with Crippen molar-refractivity contribution in [3.8, 4) is 11.8 Å². The van der Waals surface area contributed by atoms with Crippen LogP contribution >= 0.6 is 0 Å². The number of hydrogen-bond donors (Lipinski definition) is 2. The molecule has 0 saturated carbocycles. The van der Waals surface area contributed by atoms with Crippen LogP contribution < -0.4 is 27.2 Å². The molecule has 0 spiro atoms.